The molecular weight excluding hydrogens is 196 g/mol. The van der Waals surface area contributed by atoms with Crippen molar-refractivity contribution in [3.8, 4) is 0 Å². The molecule has 0 spiro atoms. The average Bonchev–Trinajstić information content (AvgIpc) is 2.34. The van der Waals surface area contributed by atoms with E-state index in [1.165, 1.54) is 10.0 Å². The molecule has 0 fully saturated rings. The van der Waals surface area contributed by atoms with Gasteiger partial charge in [0.05, 0.1) is 27.7 Å². The van der Waals surface area contributed by atoms with Gasteiger partial charge in [-0.3, -0.25) is 0 Å². The van der Waals surface area contributed by atoms with Crippen LogP contribution in [0.25, 0.3) is 11.0 Å². The Morgan fingerprint density at radius 2 is 2.30 bits per heavy atom. The van der Waals surface area contributed by atoms with E-state index in [-0.39, 0.29) is 0 Å². The summed E-state index contributed by atoms with van der Waals surface area (Å²) in [6.07, 6.45) is 4.90. The summed E-state index contributed by atoms with van der Waals surface area (Å²) in [5.41, 5.74) is 0.787. The molecule has 4 nitrogen and oxygen atoms in total. The second-order valence-electron chi connectivity index (χ2n) is 1.81. The molecule has 0 N–H and O–H groups in total. The van der Waals surface area contributed by atoms with Crippen molar-refractivity contribution in [2.24, 2.45) is 0 Å². The van der Waals surface area contributed by atoms with Crippen LogP contribution >= 0.6 is 16.1 Å². The standard InChI is InChI=1S/C5H3BrN4/c6-10-5-4(2-9-10)1-7-3-8-5/h1-3H. The van der Waals surface area contributed by atoms with Gasteiger partial charge in [0.15, 0.2) is 5.65 Å². The van der Waals surface area contributed by atoms with Crippen molar-refractivity contribution in [2.45, 2.75) is 0 Å². The smallest absolute Gasteiger partial charge is 0.173 e. The molecule has 0 aliphatic rings. The van der Waals surface area contributed by atoms with Crippen LogP contribution in [0.5, 0.6) is 0 Å². The molecule has 0 amide bonds. The topological polar surface area (TPSA) is 43.6 Å². The maximum absolute atomic E-state index is 3.98. The maximum Gasteiger partial charge on any atom is 0.173 e. The van der Waals surface area contributed by atoms with Crippen molar-refractivity contribution in [1.29, 1.82) is 0 Å². The predicted octanol–water partition coefficient (Wildman–Crippen LogP) is 0.984. The molecule has 5 heteroatoms. The van der Waals surface area contributed by atoms with Crippen molar-refractivity contribution >= 4 is 27.2 Å². The lowest BCUT2D eigenvalue weighted by molar-refractivity contribution is 1.04. The quantitative estimate of drug-likeness (QED) is 0.635. The molecule has 0 bridgehead atoms. The number of nitrogens with zero attached hydrogens (tertiary/aromatic N) is 4. The van der Waals surface area contributed by atoms with Crippen LogP contribution in [0.3, 0.4) is 0 Å². The highest BCUT2D eigenvalue weighted by molar-refractivity contribution is 9.08. The minimum atomic E-state index is 0.787. The van der Waals surface area contributed by atoms with Crippen LogP contribution in [-0.2, 0) is 0 Å². The fraction of sp³-hybridized carbons (Fsp3) is 0. The van der Waals surface area contributed by atoms with Gasteiger partial charge < -0.3 is 0 Å². The van der Waals surface area contributed by atoms with Crippen LogP contribution < -0.4 is 0 Å². The van der Waals surface area contributed by atoms with Crippen molar-refractivity contribution in [2.75, 3.05) is 0 Å². The van der Waals surface area contributed by atoms with Gasteiger partial charge in [-0.2, -0.15) is 8.81 Å². The highest BCUT2D eigenvalue weighted by atomic mass is 79.9. The van der Waals surface area contributed by atoms with Crippen LogP contribution in [0.4, 0.5) is 0 Å². The van der Waals surface area contributed by atoms with E-state index in [1.54, 1.807) is 12.4 Å². The molecule has 0 atom stereocenters. The van der Waals surface area contributed by atoms with E-state index in [9.17, 15) is 0 Å². The summed E-state index contributed by atoms with van der Waals surface area (Å²) < 4.78 is 1.53. The van der Waals surface area contributed by atoms with E-state index in [0.29, 0.717) is 0 Å². The van der Waals surface area contributed by atoms with Gasteiger partial charge >= 0.3 is 0 Å². The van der Waals surface area contributed by atoms with Crippen LogP contribution in [0.1, 0.15) is 0 Å². The van der Waals surface area contributed by atoms with Gasteiger partial charge in [0.1, 0.15) is 6.33 Å². The lowest BCUT2D eigenvalue weighted by Gasteiger charge is -1.85. The number of halogens is 1. The Morgan fingerprint density at radius 1 is 1.40 bits per heavy atom. The van der Waals surface area contributed by atoms with Crippen LogP contribution in [0.15, 0.2) is 18.7 Å². The summed E-state index contributed by atoms with van der Waals surface area (Å²) >= 11 is 3.18. The predicted molar refractivity (Wildman–Crippen MR) is 39.6 cm³/mol. The number of fused-ring (bicyclic) bond motifs is 1. The first-order chi connectivity index (χ1) is 4.88. The first-order valence-electron chi connectivity index (χ1n) is 2.68. The van der Waals surface area contributed by atoms with E-state index < -0.39 is 0 Å². The van der Waals surface area contributed by atoms with E-state index in [1.807, 2.05) is 0 Å². The molecular formula is C5H3BrN4. The van der Waals surface area contributed by atoms with Crippen molar-refractivity contribution in [3.05, 3.63) is 18.7 Å². The molecule has 2 rings (SSSR count). The van der Waals surface area contributed by atoms with Gasteiger partial charge in [-0.25, -0.2) is 9.97 Å². The number of hydrogen-bond acceptors (Lipinski definition) is 3. The van der Waals surface area contributed by atoms with Gasteiger partial charge in [0, 0.05) is 6.20 Å². The third kappa shape index (κ3) is 0.706. The number of hydrogen-bond donors (Lipinski definition) is 0. The molecule has 50 valence electrons. The van der Waals surface area contributed by atoms with Gasteiger partial charge in [-0.05, 0) is 0 Å². The second kappa shape index (κ2) is 2.02. The van der Waals surface area contributed by atoms with E-state index in [2.05, 4.69) is 31.2 Å². The Bertz CT molecular complexity index is 355. The summed E-state index contributed by atoms with van der Waals surface area (Å²) in [7, 11) is 0. The van der Waals surface area contributed by atoms with Crippen molar-refractivity contribution < 1.29 is 0 Å². The van der Waals surface area contributed by atoms with Gasteiger partial charge in [0.25, 0.3) is 0 Å². The molecule has 2 heterocycles. The molecule has 0 saturated carbocycles. The number of aromatic nitrogens is 4. The molecule has 2 aromatic rings. The molecule has 2 aromatic heterocycles. The highest BCUT2D eigenvalue weighted by Crippen LogP contribution is 2.09. The minimum absolute atomic E-state index is 0.787. The summed E-state index contributed by atoms with van der Waals surface area (Å²) in [6, 6.07) is 0. The zero-order valence-electron chi connectivity index (χ0n) is 4.90. The van der Waals surface area contributed by atoms with Crippen molar-refractivity contribution in [3.63, 3.8) is 0 Å². The van der Waals surface area contributed by atoms with E-state index >= 15 is 0 Å². The highest BCUT2D eigenvalue weighted by Gasteiger charge is 1.98. The monoisotopic (exact) mass is 198 g/mol. The van der Waals surface area contributed by atoms with E-state index in [0.717, 1.165) is 11.0 Å². The SMILES string of the molecule is Brn1ncc2cncnc21. The zero-order valence-corrected chi connectivity index (χ0v) is 6.48. The Kier molecular flexibility index (Phi) is 1.17. The first-order valence-corrected chi connectivity index (χ1v) is 3.39. The lowest BCUT2D eigenvalue weighted by Crippen LogP contribution is -1.83. The van der Waals surface area contributed by atoms with Crippen LogP contribution in [0, 0.1) is 0 Å². The molecule has 0 unspecified atom stereocenters. The van der Waals surface area contributed by atoms with Gasteiger partial charge in [-0.15, -0.1) is 0 Å². The Labute approximate surface area is 65.2 Å². The summed E-state index contributed by atoms with van der Waals surface area (Å²) in [5.74, 6) is 0. The second-order valence-corrected chi connectivity index (χ2v) is 2.48. The first kappa shape index (κ1) is 5.79. The van der Waals surface area contributed by atoms with Gasteiger partial charge in [0.2, 0.25) is 0 Å². The fourth-order valence-corrected chi connectivity index (χ4v) is 1.13. The third-order valence-electron chi connectivity index (χ3n) is 1.19. The fourth-order valence-electron chi connectivity index (χ4n) is 0.747. The maximum atomic E-state index is 3.98. The molecule has 0 aliphatic heterocycles. The molecule has 0 radical (unpaired) electrons. The van der Waals surface area contributed by atoms with Crippen LogP contribution in [0.2, 0.25) is 0 Å². The summed E-state index contributed by atoms with van der Waals surface area (Å²) in [6.45, 7) is 0. The number of rotatable bonds is 0. The molecule has 0 saturated heterocycles. The zero-order chi connectivity index (χ0) is 6.97. The Morgan fingerprint density at radius 3 is 3.10 bits per heavy atom. The molecule has 0 aliphatic carbocycles. The largest absolute Gasteiger partial charge is 0.244 e. The normalized spacial score (nSPS) is 10.5. The Hall–Kier alpha value is -0.970. The minimum Gasteiger partial charge on any atom is -0.244 e. The van der Waals surface area contributed by atoms with E-state index in [4.69, 9.17) is 0 Å². The lowest BCUT2D eigenvalue weighted by atomic mass is 10.5. The molecule has 0 aromatic carbocycles. The summed E-state index contributed by atoms with van der Waals surface area (Å²) in [5, 5.41) is 4.86. The molecule has 10 heavy (non-hydrogen) atoms. The third-order valence-corrected chi connectivity index (χ3v) is 1.71. The Balaban J connectivity index is 2.93. The van der Waals surface area contributed by atoms with Crippen molar-refractivity contribution in [1.82, 2.24) is 18.8 Å². The average molecular weight is 199 g/mol. The summed E-state index contributed by atoms with van der Waals surface area (Å²) in [4.78, 5) is 7.82. The van der Waals surface area contributed by atoms with Gasteiger partial charge in [-0.1, -0.05) is 0 Å². The van der Waals surface area contributed by atoms with Crippen LogP contribution in [-0.4, -0.2) is 18.8 Å².